The molecule has 3 rings (SSSR count). The first-order valence-corrected chi connectivity index (χ1v) is 7.38. The van der Waals surface area contributed by atoms with Gasteiger partial charge < -0.3 is 5.32 Å². The zero-order valence-electron chi connectivity index (χ0n) is 13.6. The second kappa shape index (κ2) is 5.83. The van der Waals surface area contributed by atoms with Gasteiger partial charge in [0.1, 0.15) is 5.82 Å². The highest BCUT2D eigenvalue weighted by Gasteiger charge is 2.13. The van der Waals surface area contributed by atoms with E-state index in [1.807, 2.05) is 32.5 Å². The van der Waals surface area contributed by atoms with Crippen LogP contribution >= 0.6 is 0 Å². The minimum absolute atomic E-state index is 0.271. The standard InChI is InChI=1S/C16H19FN6/c1-10-15(11(2)22(4)20-10)9-18-16-12(3)23(21-19-16)14-7-5-13(17)6-8-14/h5-8,18H,9H2,1-4H3. The summed E-state index contributed by atoms with van der Waals surface area (Å²) in [6, 6.07) is 6.17. The maximum absolute atomic E-state index is 13.0. The lowest BCUT2D eigenvalue weighted by Gasteiger charge is -2.06. The fourth-order valence-electron chi connectivity index (χ4n) is 2.57. The summed E-state index contributed by atoms with van der Waals surface area (Å²) >= 11 is 0. The van der Waals surface area contributed by atoms with Crippen molar-refractivity contribution in [3.8, 4) is 5.69 Å². The molecular formula is C16H19FN6. The van der Waals surface area contributed by atoms with Crippen molar-refractivity contribution in [3.05, 3.63) is 52.7 Å². The van der Waals surface area contributed by atoms with Crippen molar-refractivity contribution in [2.45, 2.75) is 27.3 Å². The van der Waals surface area contributed by atoms with Crippen LogP contribution in [0.3, 0.4) is 0 Å². The summed E-state index contributed by atoms with van der Waals surface area (Å²) in [6.07, 6.45) is 0. The molecule has 0 aliphatic rings. The Bertz CT molecular complexity index is 831. The lowest BCUT2D eigenvalue weighted by Crippen LogP contribution is -2.04. The summed E-state index contributed by atoms with van der Waals surface area (Å²) < 4.78 is 16.6. The Hall–Kier alpha value is -2.70. The van der Waals surface area contributed by atoms with Crippen LogP contribution in [0.15, 0.2) is 24.3 Å². The van der Waals surface area contributed by atoms with Crippen molar-refractivity contribution >= 4 is 5.82 Å². The Kier molecular flexibility index (Phi) is 3.85. The first-order chi connectivity index (χ1) is 11.0. The van der Waals surface area contributed by atoms with E-state index in [0.717, 1.165) is 28.3 Å². The molecule has 0 fully saturated rings. The number of aryl methyl sites for hydroxylation is 2. The Morgan fingerprint density at radius 1 is 1.09 bits per heavy atom. The minimum Gasteiger partial charge on any atom is -0.363 e. The molecule has 0 saturated carbocycles. The van der Waals surface area contributed by atoms with Crippen molar-refractivity contribution in [2.75, 3.05) is 5.32 Å². The van der Waals surface area contributed by atoms with Crippen LogP contribution in [0.5, 0.6) is 0 Å². The average molecular weight is 314 g/mol. The second-order valence-electron chi connectivity index (χ2n) is 5.54. The van der Waals surface area contributed by atoms with E-state index < -0.39 is 0 Å². The maximum Gasteiger partial charge on any atom is 0.172 e. The number of aromatic nitrogens is 5. The van der Waals surface area contributed by atoms with Crippen LogP contribution in [0.1, 0.15) is 22.6 Å². The van der Waals surface area contributed by atoms with Crippen molar-refractivity contribution in [1.82, 2.24) is 24.8 Å². The number of hydrogen-bond donors (Lipinski definition) is 1. The Morgan fingerprint density at radius 3 is 2.39 bits per heavy atom. The van der Waals surface area contributed by atoms with Gasteiger partial charge in [-0.3, -0.25) is 4.68 Å². The van der Waals surface area contributed by atoms with E-state index in [2.05, 4.69) is 20.7 Å². The van der Waals surface area contributed by atoms with Crippen molar-refractivity contribution < 1.29 is 4.39 Å². The van der Waals surface area contributed by atoms with Gasteiger partial charge in [-0.25, -0.2) is 9.07 Å². The van der Waals surface area contributed by atoms with Gasteiger partial charge in [0.25, 0.3) is 0 Å². The number of nitrogens with one attached hydrogen (secondary N) is 1. The fourth-order valence-corrected chi connectivity index (χ4v) is 2.57. The number of halogens is 1. The third-order valence-electron chi connectivity index (χ3n) is 4.06. The Morgan fingerprint density at radius 2 is 1.78 bits per heavy atom. The summed E-state index contributed by atoms with van der Waals surface area (Å²) in [7, 11) is 1.93. The van der Waals surface area contributed by atoms with Crippen LogP contribution in [-0.4, -0.2) is 24.8 Å². The first kappa shape index (κ1) is 15.2. The van der Waals surface area contributed by atoms with Crippen molar-refractivity contribution in [1.29, 1.82) is 0 Å². The van der Waals surface area contributed by atoms with Crippen LogP contribution in [0.2, 0.25) is 0 Å². The molecule has 0 atom stereocenters. The zero-order valence-corrected chi connectivity index (χ0v) is 13.6. The monoisotopic (exact) mass is 314 g/mol. The summed E-state index contributed by atoms with van der Waals surface area (Å²) in [6.45, 7) is 6.59. The van der Waals surface area contributed by atoms with Crippen LogP contribution in [0.4, 0.5) is 10.2 Å². The van der Waals surface area contributed by atoms with E-state index >= 15 is 0 Å². The Labute approximate surface area is 133 Å². The summed E-state index contributed by atoms with van der Waals surface area (Å²) in [5.41, 5.74) is 4.93. The molecule has 0 unspecified atom stereocenters. The van der Waals surface area contributed by atoms with Gasteiger partial charge in [-0.2, -0.15) is 5.10 Å². The van der Waals surface area contributed by atoms with E-state index in [4.69, 9.17) is 0 Å². The molecule has 0 spiro atoms. The van der Waals surface area contributed by atoms with Crippen LogP contribution in [0.25, 0.3) is 5.69 Å². The van der Waals surface area contributed by atoms with Crippen molar-refractivity contribution in [2.24, 2.45) is 7.05 Å². The highest BCUT2D eigenvalue weighted by molar-refractivity contribution is 5.44. The minimum atomic E-state index is -0.271. The third-order valence-corrected chi connectivity index (χ3v) is 4.06. The molecule has 1 N–H and O–H groups in total. The molecule has 3 aromatic rings. The van der Waals surface area contributed by atoms with E-state index in [-0.39, 0.29) is 5.82 Å². The summed E-state index contributed by atoms with van der Waals surface area (Å²) in [4.78, 5) is 0. The smallest absolute Gasteiger partial charge is 0.172 e. The third kappa shape index (κ3) is 2.81. The maximum atomic E-state index is 13.0. The molecule has 0 bridgehead atoms. The topological polar surface area (TPSA) is 60.6 Å². The Balaban J connectivity index is 1.81. The van der Waals surface area contributed by atoms with Gasteiger partial charge in [-0.05, 0) is 45.0 Å². The molecule has 2 aromatic heterocycles. The van der Waals surface area contributed by atoms with Crippen molar-refractivity contribution in [3.63, 3.8) is 0 Å². The van der Waals surface area contributed by atoms with E-state index in [9.17, 15) is 4.39 Å². The molecule has 1 aromatic carbocycles. The molecular weight excluding hydrogens is 295 g/mol. The van der Waals surface area contributed by atoms with Crippen LogP contribution in [0, 0.1) is 26.6 Å². The van der Waals surface area contributed by atoms with Gasteiger partial charge >= 0.3 is 0 Å². The lowest BCUT2D eigenvalue weighted by atomic mass is 10.2. The van der Waals surface area contributed by atoms with E-state index in [0.29, 0.717) is 12.4 Å². The predicted molar refractivity (Wildman–Crippen MR) is 86.1 cm³/mol. The van der Waals surface area contributed by atoms with Crippen LogP contribution < -0.4 is 5.32 Å². The lowest BCUT2D eigenvalue weighted by molar-refractivity contribution is 0.626. The highest BCUT2D eigenvalue weighted by Crippen LogP contribution is 2.18. The molecule has 0 radical (unpaired) electrons. The van der Waals surface area contributed by atoms with Gasteiger partial charge in [-0.1, -0.05) is 5.21 Å². The summed E-state index contributed by atoms with van der Waals surface area (Å²) in [5, 5.41) is 16.0. The average Bonchev–Trinajstić information content (AvgIpc) is 2.99. The van der Waals surface area contributed by atoms with Gasteiger partial charge in [0.2, 0.25) is 0 Å². The molecule has 0 amide bonds. The number of nitrogens with zero attached hydrogens (tertiary/aromatic N) is 5. The quantitative estimate of drug-likeness (QED) is 0.804. The number of rotatable bonds is 4. The molecule has 23 heavy (non-hydrogen) atoms. The van der Waals surface area contributed by atoms with Crippen LogP contribution in [-0.2, 0) is 13.6 Å². The highest BCUT2D eigenvalue weighted by atomic mass is 19.1. The summed E-state index contributed by atoms with van der Waals surface area (Å²) in [5.74, 6) is 0.435. The zero-order chi connectivity index (χ0) is 16.6. The van der Waals surface area contributed by atoms with E-state index in [1.54, 1.807) is 16.8 Å². The van der Waals surface area contributed by atoms with Gasteiger partial charge in [0, 0.05) is 24.8 Å². The molecule has 7 heteroatoms. The van der Waals surface area contributed by atoms with Gasteiger partial charge in [0.05, 0.1) is 17.1 Å². The normalized spacial score (nSPS) is 11.0. The second-order valence-corrected chi connectivity index (χ2v) is 5.54. The molecule has 2 heterocycles. The first-order valence-electron chi connectivity index (χ1n) is 7.38. The largest absolute Gasteiger partial charge is 0.363 e. The van der Waals surface area contributed by atoms with Gasteiger partial charge in [0.15, 0.2) is 5.82 Å². The SMILES string of the molecule is Cc1nn(C)c(C)c1CNc1nnn(-c2ccc(F)cc2)c1C. The van der Waals surface area contributed by atoms with Gasteiger partial charge in [-0.15, -0.1) is 5.10 Å². The molecule has 0 saturated heterocycles. The molecule has 6 nitrogen and oxygen atoms in total. The predicted octanol–water partition coefficient (Wildman–Crippen LogP) is 2.68. The fraction of sp³-hybridized carbons (Fsp3) is 0.312. The molecule has 0 aliphatic carbocycles. The number of benzene rings is 1. The molecule has 0 aliphatic heterocycles. The number of hydrogen-bond acceptors (Lipinski definition) is 4. The number of anilines is 1. The van der Waals surface area contributed by atoms with E-state index in [1.165, 1.54) is 12.1 Å². The molecule has 120 valence electrons.